The molecular formula is C24H27N3O4S2. The number of aryl methyl sites for hydroxylation is 3. The van der Waals surface area contributed by atoms with Crippen LogP contribution in [0.3, 0.4) is 0 Å². The van der Waals surface area contributed by atoms with Gasteiger partial charge in [-0.1, -0.05) is 17.8 Å². The highest BCUT2D eigenvalue weighted by atomic mass is 32.2. The van der Waals surface area contributed by atoms with E-state index in [1.54, 1.807) is 18.2 Å². The third kappa shape index (κ3) is 5.55. The number of fused-ring (bicyclic) bond motifs is 1. The molecule has 0 bridgehead atoms. The molecule has 1 aliphatic heterocycles. The molecule has 1 N–H and O–H groups in total. The van der Waals surface area contributed by atoms with E-state index in [1.165, 1.54) is 16.1 Å². The second-order valence-electron chi connectivity index (χ2n) is 8.19. The smallest absolute Gasteiger partial charge is 0.243 e. The van der Waals surface area contributed by atoms with Gasteiger partial charge in [-0.2, -0.15) is 4.31 Å². The van der Waals surface area contributed by atoms with Crippen molar-refractivity contribution in [2.24, 2.45) is 0 Å². The lowest BCUT2D eigenvalue weighted by Gasteiger charge is -2.26. The molecule has 0 spiro atoms. The number of ether oxygens (including phenoxy) is 1. The van der Waals surface area contributed by atoms with Gasteiger partial charge < -0.3 is 10.1 Å². The summed E-state index contributed by atoms with van der Waals surface area (Å²) in [5.41, 5.74) is 4.60. The summed E-state index contributed by atoms with van der Waals surface area (Å²) in [7, 11) is -3.57. The SMILES string of the molecule is Cc1cc(C)cc(NC(=O)CSc2cc(C)c3cc(S(=O)(=O)N4CCOCC4)ccc3n2)c1. The summed E-state index contributed by atoms with van der Waals surface area (Å²) in [5, 5.41) is 4.44. The van der Waals surface area contributed by atoms with Crippen LogP contribution in [0.15, 0.2) is 52.4 Å². The van der Waals surface area contributed by atoms with E-state index in [0.29, 0.717) is 31.8 Å². The van der Waals surface area contributed by atoms with Gasteiger partial charge in [-0.3, -0.25) is 4.79 Å². The zero-order chi connectivity index (χ0) is 23.6. The Morgan fingerprint density at radius 1 is 1.06 bits per heavy atom. The number of sulfonamides is 1. The normalized spacial score (nSPS) is 15.0. The molecule has 2 heterocycles. The first-order valence-electron chi connectivity index (χ1n) is 10.7. The second-order valence-corrected chi connectivity index (χ2v) is 11.1. The zero-order valence-corrected chi connectivity index (χ0v) is 20.6. The van der Waals surface area contributed by atoms with Gasteiger partial charge >= 0.3 is 0 Å². The number of nitrogens with zero attached hydrogens (tertiary/aromatic N) is 2. The summed E-state index contributed by atoms with van der Waals surface area (Å²) in [5.74, 6) is 0.130. The number of nitrogens with one attached hydrogen (secondary N) is 1. The molecule has 7 nitrogen and oxygen atoms in total. The molecule has 4 rings (SSSR count). The van der Waals surface area contributed by atoms with Crippen LogP contribution < -0.4 is 5.32 Å². The van der Waals surface area contributed by atoms with Crippen molar-refractivity contribution in [2.45, 2.75) is 30.7 Å². The number of amides is 1. The average molecular weight is 486 g/mol. The average Bonchev–Trinajstić information content (AvgIpc) is 2.77. The third-order valence-electron chi connectivity index (χ3n) is 5.43. The Hall–Kier alpha value is -2.46. The number of rotatable bonds is 6. The van der Waals surface area contributed by atoms with E-state index in [1.807, 2.05) is 39.0 Å². The summed E-state index contributed by atoms with van der Waals surface area (Å²) in [6.45, 7) is 7.45. The van der Waals surface area contributed by atoms with E-state index in [0.717, 1.165) is 32.8 Å². The Kier molecular flexibility index (Phi) is 7.04. The molecule has 1 aromatic heterocycles. The molecule has 1 saturated heterocycles. The molecule has 0 radical (unpaired) electrons. The highest BCUT2D eigenvalue weighted by Crippen LogP contribution is 2.27. The number of anilines is 1. The van der Waals surface area contributed by atoms with Crippen LogP contribution in [0, 0.1) is 20.8 Å². The predicted octanol–water partition coefficient (Wildman–Crippen LogP) is 3.91. The molecule has 0 saturated carbocycles. The zero-order valence-electron chi connectivity index (χ0n) is 18.9. The monoisotopic (exact) mass is 485 g/mol. The first-order valence-corrected chi connectivity index (χ1v) is 13.2. The van der Waals surface area contributed by atoms with Crippen LogP contribution in [0.25, 0.3) is 10.9 Å². The van der Waals surface area contributed by atoms with Crippen LogP contribution in [0.1, 0.15) is 16.7 Å². The van der Waals surface area contributed by atoms with Crippen molar-refractivity contribution in [1.82, 2.24) is 9.29 Å². The first-order chi connectivity index (χ1) is 15.7. The molecule has 0 aliphatic carbocycles. The maximum absolute atomic E-state index is 13.0. The van der Waals surface area contributed by atoms with Gasteiger partial charge in [-0.05, 0) is 73.9 Å². The van der Waals surface area contributed by atoms with Gasteiger partial charge in [0.25, 0.3) is 0 Å². The molecule has 1 aliphatic rings. The van der Waals surface area contributed by atoms with E-state index in [9.17, 15) is 13.2 Å². The standard InChI is InChI=1S/C24H27N3O4S2/c1-16-10-17(2)12-19(11-16)25-23(28)15-32-24-13-18(3)21-14-20(4-5-22(21)26-24)33(29,30)27-6-8-31-9-7-27/h4-5,10-14H,6-9,15H2,1-3H3,(H,25,28). The van der Waals surface area contributed by atoms with Crippen LogP contribution in [-0.4, -0.2) is 55.7 Å². The number of aromatic nitrogens is 1. The minimum atomic E-state index is -3.57. The molecule has 9 heteroatoms. The lowest BCUT2D eigenvalue weighted by atomic mass is 10.1. The Morgan fingerprint density at radius 2 is 1.76 bits per heavy atom. The van der Waals surface area contributed by atoms with Crippen LogP contribution >= 0.6 is 11.8 Å². The Morgan fingerprint density at radius 3 is 2.45 bits per heavy atom. The van der Waals surface area contributed by atoms with Crippen LogP contribution in [0.4, 0.5) is 5.69 Å². The van der Waals surface area contributed by atoms with Crippen LogP contribution in [0.5, 0.6) is 0 Å². The van der Waals surface area contributed by atoms with Gasteiger partial charge in [0.05, 0.1) is 34.4 Å². The Balaban J connectivity index is 1.48. The van der Waals surface area contributed by atoms with Gasteiger partial charge in [0.1, 0.15) is 0 Å². The largest absolute Gasteiger partial charge is 0.379 e. The van der Waals surface area contributed by atoms with Gasteiger partial charge in [0.15, 0.2) is 0 Å². The number of hydrogen-bond donors (Lipinski definition) is 1. The molecule has 1 amide bonds. The summed E-state index contributed by atoms with van der Waals surface area (Å²) in [4.78, 5) is 17.3. The summed E-state index contributed by atoms with van der Waals surface area (Å²) < 4.78 is 32.7. The lowest BCUT2D eigenvalue weighted by molar-refractivity contribution is -0.113. The molecular weight excluding hydrogens is 458 g/mol. The molecule has 1 fully saturated rings. The predicted molar refractivity (Wildman–Crippen MR) is 131 cm³/mol. The van der Waals surface area contributed by atoms with Gasteiger partial charge in [-0.25, -0.2) is 13.4 Å². The molecule has 0 unspecified atom stereocenters. The molecule has 3 aromatic rings. The number of morpholine rings is 1. The van der Waals surface area contributed by atoms with E-state index in [2.05, 4.69) is 16.4 Å². The lowest BCUT2D eigenvalue weighted by Crippen LogP contribution is -2.40. The van der Waals surface area contributed by atoms with Gasteiger partial charge in [0.2, 0.25) is 15.9 Å². The topological polar surface area (TPSA) is 88.6 Å². The van der Waals surface area contributed by atoms with Gasteiger partial charge in [-0.15, -0.1) is 0 Å². The van der Waals surface area contributed by atoms with Crippen molar-refractivity contribution < 1.29 is 17.9 Å². The fourth-order valence-corrected chi connectivity index (χ4v) is 6.11. The fourth-order valence-electron chi connectivity index (χ4n) is 3.90. The quantitative estimate of drug-likeness (QED) is 0.533. The number of carbonyl (C=O) groups is 1. The number of hydrogen-bond acceptors (Lipinski definition) is 6. The molecule has 0 atom stereocenters. The Labute approximate surface area is 198 Å². The molecule has 174 valence electrons. The molecule has 33 heavy (non-hydrogen) atoms. The number of pyridine rings is 1. The van der Waals surface area contributed by atoms with Crippen molar-refractivity contribution >= 4 is 44.3 Å². The Bertz CT molecular complexity index is 1280. The highest BCUT2D eigenvalue weighted by Gasteiger charge is 2.26. The summed E-state index contributed by atoms with van der Waals surface area (Å²) in [6.07, 6.45) is 0. The number of thioether (sulfide) groups is 1. The van der Waals surface area contributed by atoms with Crippen molar-refractivity contribution in [3.8, 4) is 0 Å². The summed E-state index contributed by atoms with van der Waals surface area (Å²) >= 11 is 1.35. The van der Waals surface area contributed by atoms with E-state index < -0.39 is 10.0 Å². The fraction of sp³-hybridized carbons (Fsp3) is 0.333. The van der Waals surface area contributed by atoms with Crippen molar-refractivity contribution in [3.05, 3.63) is 59.2 Å². The van der Waals surface area contributed by atoms with Crippen molar-refractivity contribution in [1.29, 1.82) is 0 Å². The minimum absolute atomic E-state index is 0.100. The van der Waals surface area contributed by atoms with E-state index in [4.69, 9.17) is 4.74 Å². The third-order valence-corrected chi connectivity index (χ3v) is 8.23. The maximum Gasteiger partial charge on any atom is 0.243 e. The van der Waals surface area contributed by atoms with Gasteiger partial charge in [0, 0.05) is 24.2 Å². The molecule has 2 aromatic carbocycles. The highest BCUT2D eigenvalue weighted by molar-refractivity contribution is 7.99. The van der Waals surface area contributed by atoms with Crippen LogP contribution in [0.2, 0.25) is 0 Å². The number of benzene rings is 2. The van der Waals surface area contributed by atoms with Crippen molar-refractivity contribution in [2.75, 3.05) is 37.4 Å². The number of carbonyl (C=O) groups excluding carboxylic acids is 1. The maximum atomic E-state index is 13.0. The van der Waals surface area contributed by atoms with Crippen LogP contribution in [-0.2, 0) is 19.6 Å². The first kappa shape index (κ1) is 23.7. The second kappa shape index (κ2) is 9.80. The van der Waals surface area contributed by atoms with E-state index in [-0.39, 0.29) is 16.6 Å². The summed E-state index contributed by atoms with van der Waals surface area (Å²) in [6, 6.07) is 12.8. The minimum Gasteiger partial charge on any atom is -0.379 e. The van der Waals surface area contributed by atoms with Crippen molar-refractivity contribution in [3.63, 3.8) is 0 Å². The van der Waals surface area contributed by atoms with E-state index >= 15 is 0 Å².